The maximum Gasteiger partial charge on any atom is 0.310 e. The van der Waals surface area contributed by atoms with Gasteiger partial charge in [0.25, 0.3) is 5.91 Å². The molecule has 39 heavy (non-hydrogen) atoms. The number of carboxylic acid groups (broad SMARTS) is 1. The Balaban J connectivity index is 1.46. The number of benzene rings is 3. The second-order valence-electron chi connectivity index (χ2n) is 11.4. The van der Waals surface area contributed by atoms with Crippen LogP contribution in [-0.2, 0) is 35.6 Å². The van der Waals surface area contributed by atoms with Gasteiger partial charge in [0, 0.05) is 43.2 Å². The van der Waals surface area contributed by atoms with Crippen molar-refractivity contribution in [2.45, 2.75) is 59.2 Å². The highest BCUT2D eigenvalue weighted by Gasteiger charge is 2.40. The summed E-state index contributed by atoms with van der Waals surface area (Å²) >= 11 is 0. The lowest BCUT2D eigenvalue weighted by molar-refractivity contribution is -0.147. The van der Waals surface area contributed by atoms with Gasteiger partial charge in [-0.3, -0.25) is 9.59 Å². The summed E-state index contributed by atoms with van der Waals surface area (Å²) in [6.07, 6.45) is 1.60. The molecule has 8 heterocycles. The van der Waals surface area contributed by atoms with Crippen molar-refractivity contribution in [3.63, 3.8) is 0 Å². The molecule has 1 aromatic heterocycles. The summed E-state index contributed by atoms with van der Waals surface area (Å²) in [5.74, 6) is -1.22. The van der Waals surface area contributed by atoms with Crippen molar-refractivity contribution < 1.29 is 19.4 Å². The summed E-state index contributed by atoms with van der Waals surface area (Å²) in [5.41, 5.74) is 7.87. The number of ether oxygens (including phenoxy) is 1. The Morgan fingerprint density at radius 1 is 1.05 bits per heavy atom. The molecule has 0 fully saturated rings. The molecule has 1 unspecified atom stereocenters. The molecular weight excluding hydrogens is 490 g/mol. The maximum absolute atomic E-state index is 13.4. The van der Waals surface area contributed by atoms with Crippen LogP contribution in [0.1, 0.15) is 69.9 Å². The van der Waals surface area contributed by atoms with Crippen LogP contribution in [-0.4, -0.2) is 39.7 Å². The van der Waals surface area contributed by atoms with E-state index < -0.39 is 11.4 Å². The van der Waals surface area contributed by atoms with Gasteiger partial charge in [-0.2, -0.15) is 0 Å². The summed E-state index contributed by atoms with van der Waals surface area (Å²) in [5, 5.41) is 15.1. The van der Waals surface area contributed by atoms with Crippen LogP contribution in [0.2, 0.25) is 0 Å². The summed E-state index contributed by atoms with van der Waals surface area (Å²) in [7, 11) is 0. The molecule has 0 spiro atoms. The lowest BCUT2D eigenvalue weighted by atomic mass is 9.69. The Hall–Kier alpha value is -3.84. The van der Waals surface area contributed by atoms with Crippen LogP contribution in [0.4, 0.5) is 0 Å². The molecule has 1 amide bonds. The lowest BCUT2D eigenvalue weighted by Crippen LogP contribution is -2.36. The van der Waals surface area contributed by atoms with Crippen LogP contribution in [0.5, 0.6) is 0 Å². The molecule has 7 nitrogen and oxygen atoms in total. The predicted octanol–water partition coefficient (Wildman–Crippen LogP) is 5.27. The monoisotopic (exact) mass is 524 g/mol. The molecule has 4 aromatic rings. The zero-order valence-corrected chi connectivity index (χ0v) is 22.7. The minimum Gasteiger partial charge on any atom is -0.593 e. The zero-order valence-electron chi connectivity index (χ0n) is 22.7. The molecule has 11 rings (SSSR count). The predicted molar refractivity (Wildman–Crippen MR) is 149 cm³/mol. The van der Waals surface area contributed by atoms with Crippen molar-refractivity contribution in [3.8, 4) is 0 Å². The highest BCUT2D eigenvalue weighted by Crippen LogP contribution is 2.44. The Morgan fingerprint density at radius 2 is 1.85 bits per heavy atom. The summed E-state index contributed by atoms with van der Waals surface area (Å²) in [6.45, 7) is 8.66. The number of amides is 1. The molecule has 0 saturated carbocycles. The molecule has 9 bridgehead atoms. The SMILES string of the molecule is Cc1c2ccc3c1[n-]n3CCCOCc1ccc(cc1)C(=O)N1CCc3ccc(cc3C1)C2C(C)(C)C(=O)O. The minimum atomic E-state index is -1.06. The average molecular weight is 525 g/mol. The molecule has 7 aliphatic rings. The normalized spacial score (nSPS) is 18.3. The zero-order chi connectivity index (χ0) is 27.3. The first-order chi connectivity index (χ1) is 18.7. The Morgan fingerprint density at radius 3 is 2.62 bits per heavy atom. The van der Waals surface area contributed by atoms with E-state index in [1.165, 1.54) is 5.56 Å². The van der Waals surface area contributed by atoms with Crippen molar-refractivity contribution in [1.29, 1.82) is 0 Å². The molecule has 202 valence electrons. The first-order valence-corrected chi connectivity index (χ1v) is 13.7. The smallest absolute Gasteiger partial charge is 0.310 e. The number of hydrogen-bond acceptors (Lipinski definition) is 3. The first-order valence-electron chi connectivity index (χ1n) is 13.7. The summed E-state index contributed by atoms with van der Waals surface area (Å²) in [6, 6.07) is 18.1. The molecule has 7 heteroatoms. The van der Waals surface area contributed by atoms with Crippen LogP contribution in [0.15, 0.2) is 54.6 Å². The number of aliphatic carboxylic acids is 1. The third kappa shape index (κ3) is 4.44. The lowest BCUT2D eigenvalue weighted by Gasteiger charge is -2.37. The standard InChI is InChI=1S/C32H34N3O4/c1-20-26-11-12-27-29(20)33-35(27)14-4-16-39-19-21-5-7-23(8-6-21)30(36)34-15-13-22-9-10-24(17-25(22)18-34)28(26)32(2,3)31(37)38/h5-12,17,28H,4,13-16,18-19H2,1-3H3,(H,37,38)/q-1. The van der Waals surface area contributed by atoms with E-state index in [1.807, 2.05) is 40.8 Å². The van der Waals surface area contributed by atoms with Crippen LogP contribution < -0.4 is 5.10 Å². The fourth-order valence-electron chi connectivity index (χ4n) is 6.12. The van der Waals surface area contributed by atoms with E-state index in [0.29, 0.717) is 31.9 Å². The van der Waals surface area contributed by atoms with Crippen molar-refractivity contribution in [3.05, 3.63) is 93.5 Å². The third-order valence-electron chi connectivity index (χ3n) is 8.53. The van der Waals surface area contributed by atoms with Crippen LogP contribution in [0.25, 0.3) is 11.0 Å². The van der Waals surface area contributed by atoms with E-state index in [-0.39, 0.29) is 11.8 Å². The molecule has 3 aromatic carbocycles. The molecule has 0 radical (unpaired) electrons. The van der Waals surface area contributed by atoms with Gasteiger partial charge in [0.2, 0.25) is 0 Å². The van der Waals surface area contributed by atoms with Crippen LogP contribution in [0.3, 0.4) is 0 Å². The first kappa shape index (κ1) is 25.4. The average Bonchev–Trinajstić information content (AvgIpc) is 2.91. The van der Waals surface area contributed by atoms with Gasteiger partial charge in [-0.05, 0) is 79.6 Å². The van der Waals surface area contributed by atoms with Gasteiger partial charge in [0.05, 0.1) is 12.0 Å². The molecule has 1 atom stereocenters. The van der Waals surface area contributed by atoms with E-state index in [2.05, 4.69) is 30.3 Å². The molecule has 1 N–H and O–H groups in total. The van der Waals surface area contributed by atoms with Gasteiger partial charge in [-0.15, -0.1) is 0 Å². The fraction of sp³-hybridized carbons (Fsp3) is 0.375. The van der Waals surface area contributed by atoms with Crippen molar-refractivity contribution >= 4 is 22.9 Å². The Labute approximate surface area is 228 Å². The summed E-state index contributed by atoms with van der Waals surface area (Å²) in [4.78, 5) is 27.9. The number of carboxylic acids is 1. The highest BCUT2D eigenvalue weighted by molar-refractivity contribution is 5.94. The second kappa shape index (κ2) is 9.72. The maximum atomic E-state index is 13.4. The van der Waals surface area contributed by atoms with Crippen molar-refractivity contribution in [2.24, 2.45) is 5.41 Å². The Kier molecular flexibility index (Phi) is 6.34. The minimum absolute atomic E-state index is 0.00972. The summed E-state index contributed by atoms with van der Waals surface area (Å²) < 4.78 is 7.89. The number of rotatable bonds is 2. The van der Waals surface area contributed by atoms with Gasteiger partial charge in [-0.25, -0.2) is 0 Å². The number of carbonyl (C=O) groups excluding carboxylic acids is 1. The number of aromatic nitrogens is 2. The van der Waals surface area contributed by atoms with Gasteiger partial charge in [0.1, 0.15) is 0 Å². The third-order valence-corrected chi connectivity index (χ3v) is 8.53. The Bertz CT molecular complexity index is 1560. The number of hydrogen-bond donors (Lipinski definition) is 1. The van der Waals surface area contributed by atoms with Crippen LogP contribution >= 0.6 is 0 Å². The van der Waals surface area contributed by atoms with Crippen molar-refractivity contribution in [1.82, 2.24) is 14.7 Å². The number of aryl methyl sites for hydroxylation is 2. The van der Waals surface area contributed by atoms with E-state index in [9.17, 15) is 14.7 Å². The molecular formula is C32H34N3O4-. The van der Waals surface area contributed by atoms with Gasteiger partial charge < -0.3 is 24.5 Å². The molecule has 0 saturated heterocycles. The quantitative estimate of drug-likeness (QED) is 0.386. The van der Waals surface area contributed by atoms with Gasteiger partial charge in [0.15, 0.2) is 0 Å². The molecule has 0 aliphatic carbocycles. The number of carbonyl (C=O) groups is 2. The van der Waals surface area contributed by atoms with E-state index >= 15 is 0 Å². The van der Waals surface area contributed by atoms with E-state index in [1.54, 1.807) is 13.8 Å². The van der Waals surface area contributed by atoms with E-state index in [0.717, 1.165) is 58.2 Å². The van der Waals surface area contributed by atoms with Crippen LogP contribution in [0, 0.1) is 12.3 Å². The fourth-order valence-corrected chi connectivity index (χ4v) is 6.12. The largest absolute Gasteiger partial charge is 0.593 e. The molecule has 7 aliphatic heterocycles. The topological polar surface area (TPSA) is 85.9 Å². The number of nitrogens with zero attached hydrogens (tertiary/aromatic N) is 3. The highest BCUT2D eigenvalue weighted by atomic mass is 16.5. The second-order valence-corrected chi connectivity index (χ2v) is 11.4. The van der Waals surface area contributed by atoms with Gasteiger partial charge in [-0.1, -0.05) is 47.5 Å². The van der Waals surface area contributed by atoms with Gasteiger partial charge >= 0.3 is 5.97 Å². The van der Waals surface area contributed by atoms with Crippen molar-refractivity contribution in [2.75, 3.05) is 13.2 Å². The van der Waals surface area contributed by atoms with E-state index in [4.69, 9.17) is 9.84 Å².